The Balaban J connectivity index is 2.76. The molecule has 15 heavy (non-hydrogen) atoms. The zero-order valence-electron chi connectivity index (χ0n) is 9.53. The van der Waals surface area contributed by atoms with E-state index in [0.29, 0.717) is 18.7 Å². The summed E-state index contributed by atoms with van der Waals surface area (Å²) in [6, 6.07) is 0. The third-order valence-electron chi connectivity index (χ3n) is 3.43. The lowest BCUT2D eigenvalue weighted by atomic mass is 9.84. The van der Waals surface area contributed by atoms with Crippen LogP contribution in [-0.2, 0) is 14.6 Å². The van der Waals surface area contributed by atoms with Crippen LogP contribution in [0.15, 0.2) is 0 Å². The molecule has 0 aromatic carbocycles. The van der Waals surface area contributed by atoms with E-state index in [2.05, 4.69) is 0 Å². The minimum Gasteiger partial charge on any atom is -0.378 e. The Bertz CT molecular complexity index is 302. The zero-order chi connectivity index (χ0) is 11.5. The van der Waals surface area contributed by atoms with Crippen LogP contribution in [0.5, 0.6) is 0 Å². The number of methoxy groups -OCH3 is 1. The van der Waals surface area contributed by atoms with Crippen LogP contribution in [0.1, 0.15) is 26.2 Å². The smallest absolute Gasteiger partial charge is 0.150 e. The quantitative estimate of drug-likeness (QED) is 0.773. The van der Waals surface area contributed by atoms with Crippen molar-refractivity contribution in [3.63, 3.8) is 0 Å². The molecular formula is C10H21NO3S. The van der Waals surface area contributed by atoms with Gasteiger partial charge in [0.05, 0.1) is 17.1 Å². The maximum atomic E-state index is 11.5. The molecule has 90 valence electrons. The highest BCUT2D eigenvalue weighted by atomic mass is 32.2. The van der Waals surface area contributed by atoms with Crippen LogP contribution in [0, 0.1) is 5.92 Å². The number of hydrogen-bond acceptors (Lipinski definition) is 4. The lowest BCUT2D eigenvalue weighted by molar-refractivity contribution is -0.0448. The standard InChI is InChI=1S/C10H21NO3S/c1-10(14-2,5-6-11)9-4-3-7-15(12,13)8-9/h9H,3-8,11H2,1-2H3. The molecule has 0 aromatic rings. The van der Waals surface area contributed by atoms with Crippen molar-refractivity contribution in [1.29, 1.82) is 0 Å². The normalized spacial score (nSPS) is 29.7. The van der Waals surface area contributed by atoms with Crippen LogP contribution in [0.4, 0.5) is 0 Å². The van der Waals surface area contributed by atoms with Gasteiger partial charge in [0, 0.05) is 13.0 Å². The molecule has 2 atom stereocenters. The number of nitrogens with two attached hydrogens (primary N) is 1. The topological polar surface area (TPSA) is 69.4 Å². The van der Waals surface area contributed by atoms with Gasteiger partial charge in [-0.05, 0) is 32.7 Å². The summed E-state index contributed by atoms with van der Waals surface area (Å²) in [4.78, 5) is 0. The predicted molar refractivity (Wildman–Crippen MR) is 60.5 cm³/mol. The molecule has 1 rings (SSSR count). The molecule has 0 spiro atoms. The number of hydrogen-bond donors (Lipinski definition) is 1. The second-order valence-corrected chi connectivity index (χ2v) is 6.74. The van der Waals surface area contributed by atoms with Crippen LogP contribution < -0.4 is 5.73 Å². The molecule has 0 saturated carbocycles. The first-order chi connectivity index (χ1) is 6.93. The van der Waals surface area contributed by atoms with E-state index >= 15 is 0 Å². The second-order valence-electron chi connectivity index (χ2n) is 4.51. The van der Waals surface area contributed by atoms with E-state index in [9.17, 15) is 8.42 Å². The van der Waals surface area contributed by atoms with Gasteiger partial charge < -0.3 is 10.5 Å². The Morgan fingerprint density at radius 1 is 1.53 bits per heavy atom. The Morgan fingerprint density at radius 2 is 2.20 bits per heavy atom. The van der Waals surface area contributed by atoms with Crippen molar-refractivity contribution >= 4 is 9.84 Å². The van der Waals surface area contributed by atoms with Gasteiger partial charge in [0.2, 0.25) is 0 Å². The number of sulfone groups is 1. The van der Waals surface area contributed by atoms with Gasteiger partial charge in [0.1, 0.15) is 0 Å². The van der Waals surface area contributed by atoms with E-state index in [-0.39, 0.29) is 17.3 Å². The van der Waals surface area contributed by atoms with Crippen LogP contribution in [0.2, 0.25) is 0 Å². The average molecular weight is 235 g/mol. The van der Waals surface area contributed by atoms with Crippen molar-refractivity contribution < 1.29 is 13.2 Å². The highest BCUT2D eigenvalue weighted by Crippen LogP contribution is 2.33. The maximum absolute atomic E-state index is 11.5. The van der Waals surface area contributed by atoms with Crippen molar-refractivity contribution in [2.45, 2.75) is 31.8 Å². The largest absolute Gasteiger partial charge is 0.378 e. The highest BCUT2D eigenvalue weighted by molar-refractivity contribution is 7.91. The summed E-state index contributed by atoms with van der Waals surface area (Å²) in [5.74, 6) is 0.660. The molecule has 0 aromatic heterocycles. The molecule has 0 aliphatic carbocycles. The van der Waals surface area contributed by atoms with E-state index in [1.807, 2.05) is 6.92 Å². The van der Waals surface area contributed by atoms with Gasteiger partial charge >= 0.3 is 0 Å². The summed E-state index contributed by atoms with van der Waals surface area (Å²) in [5.41, 5.74) is 5.15. The van der Waals surface area contributed by atoms with Gasteiger partial charge in [-0.2, -0.15) is 0 Å². The Kier molecular flexibility index (Phi) is 4.14. The molecule has 1 aliphatic rings. The minimum atomic E-state index is -2.86. The molecule has 1 heterocycles. The van der Waals surface area contributed by atoms with Gasteiger partial charge in [-0.25, -0.2) is 8.42 Å². The van der Waals surface area contributed by atoms with E-state index in [0.717, 1.165) is 12.8 Å². The third kappa shape index (κ3) is 3.16. The summed E-state index contributed by atoms with van der Waals surface area (Å²) in [5, 5.41) is 0. The van der Waals surface area contributed by atoms with E-state index < -0.39 is 9.84 Å². The first kappa shape index (κ1) is 12.9. The van der Waals surface area contributed by atoms with Crippen molar-refractivity contribution in [1.82, 2.24) is 0 Å². The van der Waals surface area contributed by atoms with Crippen molar-refractivity contribution in [2.75, 3.05) is 25.2 Å². The zero-order valence-corrected chi connectivity index (χ0v) is 10.3. The fraction of sp³-hybridized carbons (Fsp3) is 1.00. The molecule has 0 radical (unpaired) electrons. The van der Waals surface area contributed by atoms with Crippen LogP contribution in [0.25, 0.3) is 0 Å². The summed E-state index contributed by atoms with van der Waals surface area (Å²) < 4.78 is 28.5. The lowest BCUT2D eigenvalue weighted by Gasteiger charge is -2.38. The summed E-state index contributed by atoms with van der Waals surface area (Å²) >= 11 is 0. The van der Waals surface area contributed by atoms with Gasteiger partial charge in [0.15, 0.2) is 9.84 Å². The molecule has 1 fully saturated rings. The number of rotatable bonds is 4. The molecule has 1 aliphatic heterocycles. The Hall–Kier alpha value is -0.130. The fourth-order valence-electron chi connectivity index (χ4n) is 2.26. The third-order valence-corrected chi connectivity index (χ3v) is 5.25. The first-order valence-electron chi connectivity index (χ1n) is 5.39. The van der Waals surface area contributed by atoms with Gasteiger partial charge in [0.25, 0.3) is 0 Å². The Labute approximate surface area is 92.1 Å². The van der Waals surface area contributed by atoms with Gasteiger partial charge in [-0.15, -0.1) is 0 Å². The van der Waals surface area contributed by atoms with Crippen LogP contribution >= 0.6 is 0 Å². The second kappa shape index (κ2) is 4.80. The van der Waals surface area contributed by atoms with E-state index in [4.69, 9.17) is 10.5 Å². The van der Waals surface area contributed by atoms with Crippen LogP contribution in [-0.4, -0.2) is 39.2 Å². The Morgan fingerprint density at radius 3 is 2.67 bits per heavy atom. The first-order valence-corrected chi connectivity index (χ1v) is 7.21. The molecule has 4 nitrogen and oxygen atoms in total. The van der Waals surface area contributed by atoms with Gasteiger partial charge in [-0.3, -0.25) is 0 Å². The summed E-state index contributed by atoms with van der Waals surface area (Å²) in [6.45, 7) is 2.49. The van der Waals surface area contributed by atoms with E-state index in [1.165, 1.54) is 0 Å². The van der Waals surface area contributed by atoms with Crippen molar-refractivity contribution in [2.24, 2.45) is 11.7 Å². The average Bonchev–Trinajstić information content (AvgIpc) is 2.16. The SMILES string of the molecule is COC(C)(CCN)C1CCCS(=O)(=O)C1. The highest BCUT2D eigenvalue weighted by Gasteiger charge is 2.38. The predicted octanol–water partition coefficient (Wildman–Crippen LogP) is 0.565. The van der Waals surface area contributed by atoms with Crippen molar-refractivity contribution in [3.8, 4) is 0 Å². The fourth-order valence-corrected chi connectivity index (χ4v) is 4.17. The molecule has 0 bridgehead atoms. The molecule has 2 N–H and O–H groups in total. The van der Waals surface area contributed by atoms with Crippen molar-refractivity contribution in [3.05, 3.63) is 0 Å². The molecule has 1 saturated heterocycles. The summed E-state index contributed by atoms with van der Waals surface area (Å²) in [7, 11) is -1.23. The molecule has 0 amide bonds. The molecule has 2 unspecified atom stereocenters. The van der Waals surface area contributed by atoms with E-state index in [1.54, 1.807) is 7.11 Å². The maximum Gasteiger partial charge on any atom is 0.150 e. The molecule has 5 heteroatoms. The van der Waals surface area contributed by atoms with Gasteiger partial charge in [-0.1, -0.05) is 0 Å². The number of ether oxygens (including phenoxy) is 1. The summed E-state index contributed by atoms with van der Waals surface area (Å²) in [6.07, 6.45) is 2.38. The molecular weight excluding hydrogens is 214 g/mol. The lowest BCUT2D eigenvalue weighted by Crippen LogP contribution is -2.44. The van der Waals surface area contributed by atoms with Crippen LogP contribution in [0.3, 0.4) is 0 Å². The monoisotopic (exact) mass is 235 g/mol. The minimum absolute atomic E-state index is 0.0878.